The molecule has 0 aromatic heterocycles. The maximum atomic E-state index is 14.0. The van der Waals surface area contributed by atoms with Crippen LogP contribution < -0.4 is 10.2 Å². The number of hydrogen-bond acceptors (Lipinski definition) is 4. The summed E-state index contributed by atoms with van der Waals surface area (Å²) >= 11 is 0. The first-order valence-corrected chi connectivity index (χ1v) is 6.06. The quantitative estimate of drug-likeness (QED) is 0.846. The monoisotopic (exact) mass is 270 g/mol. The van der Waals surface area contributed by atoms with Gasteiger partial charge in [-0.15, -0.1) is 0 Å². The fraction of sp³-hybridized carbons (Fsp3) is 0.462. The third-order valence-electron chi connectivity index (χ3n) is 3.43. The molecule has 1 aromatic rings. The lowest BCUT2D eigenvalue weighted by atomic mass is 10.1. The predicted molar refractivity (Wildman–Crippen MR) is 67.4 cm³/mol. The van der Waals surface area contributed by atoms with Crippen molar-refractivity contribution in [2.75, 3.05) is 32.1 Å². The Balaban J connectivity index is 2.32. The molecule has 1 aromatic carbocycles. The summed E-state index contributed by atoms with van der Waals surface area (Å²) in [4.78, 5) is 13.0. The van der Waals surface area contributed by atoms with Crippen LogP contribution in [0, 0.1) is 11.6 Å². The number of carbonyl (C=O) groups is 1. The second-order valence-corrected chi connectivity index (χ2v) is 4.51. The lowest BCUT2D eigenvalue weighted by molar-refractivity contribution is 0.0594. The van der Waals surface area contributed by atoms with Crippen LogP contribution in [0.3, 0.4) is 0 Å². The largest absolute Gasteiger partial charge is 0.465 e. The third-order valence-corrected chi connectivity index (χ3v) is 3.43. The Kier molecular flexibility index (Phi) is 3.99. The second-order valence-electron chi connectivity index (χ2n) is 4.51. The van der Waals surface area contributed by atoms with Crippen molar-refractivity contribution in [2.24, 2.45) is 0 Å². The second kappa shape index (κ2) is 5.52. The SMILES string of the molecule is COC(=O)c1ccc(N(C)C2CCNC2)c(F)c1F. The van der Waals surface area contributed by atoms with Crippen molar-refractivity contribution in [1.82, 2.24) is 5.32 Å². The summed E-state index contributed by atoms with van der Waals surface area (Å²) < 4.78 is 32.2. The minimum atomic E-state index is -1.16. The number of carbonyl (C=O) groups excluding carboxylic acids is 1. The van der Waals surface area contributed by atoms with Gasteiger partial charge in [-0.25, -0.2) is 13.6 Å². The number of anilines is 1. The summed E-state index contributed by atoms with van der Waals surface area (Å²) in [6.45, 7) is 1.59. The summed E-state index contributed by atoms with van der Waals surface area (Å²) in [6, 6.07) is 2.78. The summed E-state index contributed by atoms with van der Waals surface area (Å²) in [5.41, 5.74) is -0.236. The van der Waals surface area contributed by atoms with E-state index in [-0.39, 0.29) is 17.3 Å². The molecule has 1 unspecified atom stereocenters. The summed E-state index contributed by atoms with van der Waals surface area (Å²) in [7, 11) is 2.84. The van der Waals surface area contributed by atoms with Crippen LogP contribution in [-0.2, 0) is 4.74 Å². The van der Waals surface area contributed by atoms with Gasteiger partial charge < -0.3 is 15.0 Å². The van der Waals surface area contributed by atoms with Gasteiger partial charge in [0.15, 0.2) is 11.6 Å². The number of ether oxygens (including phenoxy) is 1. The highest BCUT2D eigenvalue weighted by molar-refractivity contribution is 5.90. The Hall–Kier alpha value is -1.69. The van der Waals surface area contributed by atoms with Gasteiger partial charge in [0.1, 0.15) is 0 Å². The van der Waals surface area contributed by atoms with E-state index in [9.17, 15) is 13.6 Å². The molecule has 19 heavy (non-hydrogen) atoms. The van der Waals surface area contributed by atoms with E-state index in [1.165, 1.54) is 12.1 Å². The van der Waals surface area contributed by atoms with Crippen LogP contribution in [0.2, 0.25) is 0 Å². The van der Waals surface area contributed by atoms with Crippen molar-refractivity contribution < 1.29 is 18.3 Å². The molecule has 4 nitrogen and oxygen atoms in total. The maximum Gasteiger partial charge on any atom is 0.340 e. The summed E-state index contributed by atoms with van der Waals surface area (Å²) in [6.07, 6.45) is 0.871. The molecule has 1 heterocycles. The number of halogens is 2. The lowest BCUT2D eigenvalue weighted by Crippen LogP contribution is -2.34. The van der Waals surface area contributed by atoms with Crippen molar-refractivity contribution >= 4 is 11.7 Å². The van der Waals surface area contributed by atoms with Gasteiger partial charge in [-0.05, 0) is 25.1 Å². The van der Waals surface area contributed by atoms with Gasteiger partial charge in [-0.3, -0.25) is 0 Å². The van der Waals surface area contributed by atoms with Crippen LogP contribution in [0.5, 0.6) is 0 Å². The molecular formula is C13H16F2N2O2. The van der Waals surface area contributed by atoms with E-state index in [0.717, 1.165) is 26.6 Å². The molecule has 0 saturated carbocycles. The standard InChI is InChI=1S/C13H16F2N2O2/c1-17(8-5-6-16-7-8)10-4-3-9(13(18)19-2)11(14)12(10)15/h3-4,8,16H,5-7H2,1-2H3. The molecule has 1 atom stereocenters. The van der Waals surface area contributed by atoms with Gasteiger partial charge in [0, 0.05) is 19.6 Å². The van der Waals surface area contributed by atoms with Crippen molar-refractivity contribution in [3.63, 3.8) is 0 Å². The van der Waals surface area contributed by atoms with Crippen molar-refractivity contribution in [3.8, 4) is 0 Å². The number of nitrogens with one attached hydrogen (secondary N) is 1. The Morgan fingerprint density at radius 3 is 2.74 bits per heavy atom. The van der Waals surface area contributed by atoms with Gasteiger partial charge in [-0.2, -0.15) is 0 Å². The van der Waals surface area contributed by atoms with Crippen LogP contribution in [-0.4, -0.2) is 39.3 Å². The van der Waals surface area contributed by atoms with E-state index in [2.05, 4.69) is 10.1 Å². The van der Waals surface area contributed by atoms with Gasteiger partial charge in [-0.1, -0.05) is 0 Å². The Bertz CT molecular complexity index is 488. The third kappa shape index (κ3) is 2.53. The number of methoxy groups -OCH3 is 1. The average Bonchev–Trinajstić information content (AvgIpc) is 2.94. The molecule has 1 aliphatic heterocycles. The minimum Gasteiger partial charge on any atom is -0.465 e. The molecule has 1 aliphatic rings. The molecule has 104 valence electrons. The van der Waals surface area contributed by atoms with Crippen LogP contribution in [0.4, 0.5) is 14.5 Å². The topological polar surface area (TPSA) is 41.6 Å². The number of esters is 1. The fourth-order valence-electron chi connectivity index (χ4n) is 2.25. The first kappa shape index (κ1) is 13.7. The van der Waals surface area contributed by atoms with Gasteiger partial charge in [0.25, 0.3) is 0 Å². The summed E-state index contributed by atoms with van der Waals surface area (Å²) in [5.74, 6) is -3.06. The highest BCUT2D eigenvalue weighted by atomic mass is 19.2. The van der Waals surface area contributed by atoms with E-state index in [4.69, 9.17) is 0 Å². The van der Waals surface area contributed by atoms with Gasteiger partial charge in [0.05, 0.1) is 18.4 Å². The molecule has 1 fully saturated rings. The van der Waals surface area contributed by atoms with E-state index in [1.54, 1.807) is 11.9 Å². The molecule has 2 rings (SSSR count). The van der Waals surface area contributed by atoms with Crippen molar-refractivity contribution in [2.45, 2.75) is 12.5 Å². The first-order chi connectivity index (χ1) is 9.06. The number of nitrogens with zero attached hydrogens (tertiary/aromatic N) is 1. The highest BCUT2D eigenvalue weighted by Gasteiger charge is 2.25. The van der Waals surface area contributed by atoms with Crippen molar-refractivity contribution in [1.29, 1.82) is 0 Å². The highest BCUT2D eigenvalue weighted by Crippen LogP contribution is 2.26. The lowest BCUT2D eigenvalue weighted by Gasteiger charge is -2.26. The van der Waals surface area contributed by atoms with E-state index >= 15 is 0 Å². The first-order valence-electron chi connectivity index (χ1n) is 6.06. The Morgan fingerprint density at radius 1 is 1.42 bits per heavy atom. The van der Waals surface area contributed by atoms with Gasteiger partial charge >= 0.3 is 5.97 Å². The number of benzene rings is 1. The number of rotatable bonds is 3. The number of hydrogen-bond donors (Lipinski definition) is 1. The van der Waals surface area contributed by atoms with Crippen molar-refractivity contribution in [3.05, 3.63) is 29.3 Å². The molecule has 0 amide bonds. The fourth-order valence-corrected chi connectivity index (χ4v) is 2.25. The maximum absolute atomic E-state index is 14.0. The van der Waals surface area contributed by atoms with Crippen LogP contribution in [0.1, 0.15) is 16.8 Å². The molecule has 0 spiro atoms. The zero-order valence-corrected chi connectivity index (χ0v) is 10.9. The molecule has 0 bridgehead atoms. The molecule has 6 heteroatoms. The van der Waals surface area contributed by atoms with E-state index in [0.29, 0.717) is 0 Å². The molecule has 0 radical (unpaired) electrons. The molecular weight excluding hydrogens is 254 g/mol. The smallest absolute Gasteiger partial charge is 0.340 e. The number of likely N-dealkylation sites (N-methyl/N-ethyl adjacent to an activating group) is 1. The normalized spacial score (nSPS) is 18.4. The average molecular weight is 270 g/mol. The molecule has 1 N–H and O–H groups in total. The van der Waals surface area contributed by atoms with Crippen LogP contribution in [0.15, 0.2) is 12.1 Å². The molecule has 1 saturated heterocycles. The Morgan fingerprint density at radius 2 is 2.16 bits per heavy atom. The van der Waals surface area contributed by atoms with Crippen LogP contribution in [0.25, 0.3) is 0 Å². The zero-order chi connectivity index (χ0) is 14.0. The Labute approximate surface area is 110 Å². The predicted octanol–water partition coefficient (Wildman–Crippen LogP) is 1.55. The zero-order valence-electron chi connectivity index (χ0n) is 10.9. The molecule has 0 aliphatic carbocycles. The summed E-state index contributed by atoms with van der Waals surface area (Å²) in [5, 5.41) is 3.16. The van der Waals surface area contributed by atoms with E-state index < -0.39 is 17.6 Å². The van der Waals surface area contributed by atoms with Crippen LogP contribution >= 0.6 is 0 Å². The van der Waals surface area contributed by atoms with Gasteiger partial charge in [0.2, 0.25) is 0 Å². The minimum absolute atomic E-state index is 0.123. The van der Waals surface area contributed by atoms with E-state index in [1.807, 2.05) is 0 Å².